The molecule has 0 aliphatic carbocycles. The molecule has 0 saturated carbocycles. The zero-order valence-electron chi connectivity index (χ0n) is 16.8. The Bertz CT molecular complexity index is 945. The van der Waals surface area contributed by atoms with Gasteiger partial charge in [-0.2, -0.15) is 5.10 Å². The summed E-state index contributed by atoms with van der Waals surface area (Å²) < 4.78 is 13.2. The largest absolute Gasteiger partial charge is 0.497 e. The third-order valence-corrected chi connectivity index (χ3v) is 5.88. The average molecular weight is 453 g/mol. The highest BCUT2D eigenvalue weighted by molar-refractivity contribution is 7.22. The van der Waals surface area contributed by atoms with E-state index in [1.807, 2.05) is 18.2 Å². The number of benzene rings is 1. The van der Waals surface area contributed by atoms with Gasteiger partial charge in [-0.3, -0.25) is 14.6 Å². The third-order valence-electron chi connectivity index (χ3n) is 4.84. The Hall–Kier alpha value is -2.27. The lowest BCUT2D eigenvalue weighted by Gasteiger charge is -2.27. The molecule has 3 heterocycles. The molecule has 1 aromatic carbocycles. The number of methoxy groups -OCH3 is 1. The second kappa shape index (κ2) is 10.7. The highest BCUT2D eigenvalue weighted by Gasteiger charge is 2.21. The van der Waals surface area contributed by atoms with E-state index in [1.54, 1.807) is 18.3 Å². The number of ether oxygens (including phenoxy) is 2. The summed E-state index contributed by atoms with van der Waals surface area (Å²) in [4.78, 5) is 25.8. The number of hydrogen-bond donors (Lipinski definition) is 0. The lowest BCUT2D eigenvalue weighted by molar-refractivity contribution is -0.119. The zero-order chi connectivity index (χ0) is 20.1. The minimum Gasteiger partial charge on any atom is -0.497 e. The molecule has 1 fully saturated rings. The number of hydrogen-bond acceptors (Lipinski definition) is 8. The molecule has 2 aromatic heterocycles. The number of thiazole rings is 1. The van der Waals surface area contributed by atoms with Gasteiger partial charge in [0.25, 0.3) is 5.91 Å². The summed E-state index contributed by atoms with van der Waals surface area (Å²) in [5, 5.41) is 4.75. The number of rotatable bonds is 8. The Morgan fingerprint density at radius 3 is 2.90 bits per heavy atom. The van der Waals surface area contributed by atoms with Crippen LogP contribution in [0.4, 0.5) is 5.13 Å². The smallest absolute Gasteiger partial charge is 0.250 e. The van der Waals surface area contributed by atoms with Gasteiger partial charge in [0.2, 0.25) is 0 Å². The van der Waals surface area contributed by atoms with E-state index in [-0.39, 0.29) is 24.9 Å². The van der Waals surface area contributed by atoms with Gasteiger partial charge in [-0.25, -0.2) is 14.6 Å². The minimum absolute atomic E-state index is 0. The maximum Gasteiger partial charge on any atom is 0.250 e. The zero-order valence-corrected chi connectivity index (χ0v) is 18.4. The molecule has 30 heavy (non-hydrogen) atoms. The second-order valence-corrected chi connectivity index (χ2v) is 7.79. The molecule has 1 amide bonds. The van der Waals surface area contributed by atoms with E-state index < -0.39 is 0 Å². The first-order valence-corrected chi connectivity index (χ1v) is 10.4. The summed E-state index contributed by atoms with van der Waals surface area (Å²) in [5.74, 6) is 0.726. The van der Waals surface area contributed by atoms with Gasteiger partial charge >= 0.3 is 0 Å². The Kier molecular flexibility index (Phi) is 7.97. The van der Waals surface area contributed by atoms with Crippen molar-refractivity contribution in [1.29, 1.82) is 0 Å². The van der Waals surface area contributed by atoms with Crippen LogP contribution in [0.1, 0.15) is 6.42 Å². The molecule has 0 unspecified atom stereocenters. The van der Waals surface area contributed by atoms with Crippen molar-refractivity contribution < 1.29 is 14.3 Å². The van der Waals surface area contributed by atoms with Crippen LogP contribution in [0.25, 0.3) is 10.2 Å². The Morgan fingerprint density at radius 1 is 1.33 bits per heavy atom. The number of carbonyl (C=O) groups excluding carboxylic acids is 1. The average Bonchev–Trinajstić information content (AvgIpc) is 3.40. The molecule has 162 valence electrons. The van der Waals surface area contributed by atoms with Gasteiger partial charge in [0.1, 0.15) is 24.9 Å². The summed E-state index contributed by atoms with van der Waals surface area (Å²) in [5.41, 5.74) is 0.859. The van der Waals surface area contributed by atoms with Crippen molar-refractivity contribution in [3.05, 3.63) is 30.9 Å². The van der Waals surface area contributed by atoms with Crippen LogP contribution in [0.5, 0.6) is 5.75 Å². The summed E-state index contributed by atoms with van der Waals surface area (Å²) in [7, 11) is 1.64. The second-order valence-electron chi connectivity index (χ2n) is 6.78. The molecule has 0 N–H and O–H groups in total. The van der Waals surface area contributed by atoms with Gasteiger partial charge in [0.15, 0.2) is 5.13 Å². The number of anilines is 1. The number of morpholine rings is 1. The van der Waals surface area contributed by atoms with Gasteiger partial charge < -0.3 is 9.47 Å². The van der Waals surface area contributed by atoms with Gasteiger partial charge in [0, 0.05) is 26.2 Å². The molecule has 1 aliphatic rings. The number of nitrogens with zero attached hydrogens (tertiary/aromatic N) is 6. The summed E-state index contributed by atoms with van der Waals surface area (Å²) in [6.45, 7) is 5.08. The Morgan fingerprint density at radius 2 is 2.17 bits per heavy atom. The molecule has 1 aliphatic heterocycles. The highest BCUT2D eigenvalue weighted by atomic mass is 35.5. The van der Waals surface area contributed by atoms with E-state index in [1.165, 1.54) is 22.3 Å². The summed E-state index contributed by atoms with van der Waals surface area (Å²) in [6.07, 6.45) is 3.84. The molecular weight excluding hydrogens is 428 g/mol. The maximum absolute atomic E-state index is 13.0. The van der Waals surface area contributed by atoms with Gasteiger partial charge in [-0.05, 0) is 24.6 Å². The van der Waals surface area contributed by atoms with Crippen LogP contribution < -0.4 is 9.64 Å². The molecule has 0 bridgehead atoms. The van der Waals surface area contributed by atoms with Crippen LogP contribution in [0.3, 0.4) is 0 Å². The van der Waals surface area contributed by atoms with Gasteiger partial charge in [0.05, 0.1) is 30.5 Å². The molecular formula is C19H25ClN6O3S. The van der Waals surface area contributed by atoms with Crippen LogP contribution in [0.2, 0.25) is 0 Å². The van der Waals surface area contributed by atoms with Crippen molar-refractivity contribution in [2.24, 2.45) is 0 Å². The third kappa shape index (κ3) is 5.45. The summed E-state index contributed by atoms with van der Waals surface area (Å²) >= 11 is 1.50. The van der Waals surface area contributed by atoms with E-state index >= 15 is 0 Å². The topological polar surface area (TPSA) is 85.6 Å². The highest BCUT2D eigenvalue weighted by Crippen LogP contribution is 2.31. The quantitative estimate of drug-likeness (QED) is 0.517. The van der Waals surface area contributed by atoms with E-state index in [0.29, 0.717) is 11.7 Å². The van der Waals surface area contributed by atoms with Crippen LogP contribution in [0.15, 0.2) is 30.9 Å². The molecule has 3 aromatic rings. The fourth-order valence-corrected chi connectivity index (χ4v) is 4.32. The van der Waals surface area contributed by atoms with Gasteiger partial charge in [-0.1, -0.05) is 11.3 Å². The van der Waals surface area contributed by atoms with E-state index in [0.717, 1.165) is 55.2 Å². The fourth-order valence-electron chi connectivity index (χ4n) is 3.28. The number of amides is 1. The lowest BCUT2D eigenvalue weighted by Crippen LogP contribution is -2.40. The molecule has 0 atom stereocenters. The van der Waals surface area contributed by atoms with E-state index in [9.17, 15) is 4.79 Å². The lowest BCUT2D eigenvalue weighted by atomic mass is 10.3. The Labute approximate surface area is 185 Å². The SMILES string of the molecule is COc1ccc2nc(N(CCCN3CCOCC3)C(=O)Cn3cncn3)sc2c1.Cl. The maximum atomic E-state index is 13.0. The first-order chi connectivity index (χ1) is 14.2. The van der Waals surface area contributed by atoms with Crippen molar-refractivity contribution in [1.82, 2.24) is 24.6 Å². The first-order valence-electron chi connectivity index (χ1n) is 9.60. The van der Waals surface area contributed by atoms with Crippen molar-refractivity contribution in [2.45, 2.75) is 13.0 Å². The number of aromatic nitrogens is 4. The van der Waals surface area contributed by atoms with Crippen molar-refractivity contribution in [2.75, 3.05) is 51.4 Å². The van der Waals surface area contributed by atoms with Crippen LogP contribution in [-0.4, -0.2) is 77.1 Å². The summed E-state index contributed by atoms with van der Waals surface area (Å²) in [6, 6.07) is 5.75. The van der Waals surface area contributed by atoms with Crippen molar-refractivity contribution in [3.8, 4) is 5.75 Å². The van der Waals surface area contributed by atoms with Crippen molar-refractivity contribution >= 4 is 45.0 Å². The fraction of sp³-hybridized carbons (Fsp3) is 0.474. The van der Waals surface area contributed by atoms with Gasteiger partial charge in [-0.15, -0.1) is 12.4 Å². The number of fused-ring (bicyclic) bond motifs is 1. The molecule has 0 spiro atoms. The number of halogens is 1. The molecule has 1 saturated heterocycles. The van der Waals surface area contributed by atoms with Crippen molar-refractivity contribution in [3.63, 3.8) is 0 Å². The standard InChI is InChI=1S/C19H24N6O3S.ClH/c1-27-15-3-4-16-17(11-15)29-19(22-16)25(18(26)12-24-14-20-13-21-24)6-2-5-23-7-9-28-10-8-23;/h3-4,11,13-14H,2,5-10,12H2,1H3;1H. The monoisotopic (exact) mass is 452 g/mol. The van der Waals surface area contributed by atoms with Crippen LogP contribution in [0, 0.1) is 0 Å². The first kappa shape index (κ1) is 22.4. The van der Waals surface area contributed by atoms with E-state index in [2.05, 4.69) is 15.0 Å². The molecule has 0 radical (unpaired) electrons. The Balaban J connectivity index is 0.00000256. The van der Waals surface area contributed by atoms with Crippen LogP contribution >= 0.6 is 23.7 Å². The minimum atomic E-state index is -0.0523. The predicted molar refractivity (Wildman–Crippen MR) is 118 cm³/mol. The molecule has 4 rings (SSSR count). The van der Waals surface area contributed by atoms with Crippen LogP contribution in [-0.2, 0) is 16.1 Å². The van der Waals surface area contributed by atoms with E-state index in [4.69, 9.17) is 14.5 Å². The molecule has 9 nitrogen and oxygen atoms in total. The normalized spacial score (nSPS) is 14.4. The number of carbonyl (C=O) groups is 1. The molecule has 11 heteroatoms. The predicted octanol–water partition coefficient (Wildman–Crippen LogP) is 2.07.